The SMILES string of the molecule is O=c1[nH]c2ccccc2nc1-c1ccccc1N=Cc1ccc(F)cc1. The van der Waals surface area contributed by atoms with E-state index >= 15 is 0 Å². The van der Waals surface area contributed by atoms with Crippen molar-refractivity contribution in [3.63, 3.8) is 0 Å². The lowest BCUT2D eigenvalue weighted by atomic mass is 10.1. The molecule has 0 aliphatic heterocycles. The normalized spacial score (nSPS) is 11.3. The first-order chi connectivity index (χ1) is 12.7. The third kappa shape index (κ3) is 3.15. The smallest absolute Gasteiger partial charge is 0.275 e. The molecule has 1 aromatic heterocycles. The third-order valence-electron chi connectivity index (χ3n) is 3.98. The van der Waals surface area contributed by atoms with E-state index in [0.29, 0.717) is 28.0 Å². The highest BCUT2D eigenvalue weighted by atomic mass is 19.1. The predicted molar refractivity (Wildman–Crippen MR) is 101 cm³/mol. The number of rotatable bonds is 3. The first-order valence-corrected chi connectivity index (χ1v) is 8.09. The van der Waals surface area contributed by atoms with Crippen LogP contribution >= 0.6 is 0 Å². The van der Waals surface area contributed by atoms with Gasteiger partial charge in [0.1, 0.15) is 11.5 Å². The zero-order valence-electron chi connectivity index (χ0n) is 13.7. The molecule has 0 unspecified atom stereocenters. The van der Waals surface area contributed by atoms with Crippen LogP contribution in [0.1, 0.15) is 5.56 Å². The summed E-state index contributed by atoms with van der Waals surface area (Å²) in [6.45, 7) is 0. The van der Waals surface area contributed by atoms with Gasteiger partial charge < -0.3 is 4.98 Å². The van der Waals surface area contributed by atoms with Crippen molar-refractivity contribution in [3.8, 4) is 11.3 Å². The van der Waals surface area contributed by atoms with Crippen LogP contribution in [0.15, 0.2) is 82.6 Å². The van der Waals surface area contributed by atoms with Crippen molar-refractivity contribution in [3.05, 3.63) is 94.5 Å². The maximum absolute atomic E-state index is 13.0. The van der Waals surface area contributed by atoms with Crippen molar-refractivity contribution < 1.29 is 4.39 Å². The van der Waals surface area contributed by atoms with Crippen molar-refractivity contribution in [1.82, 2.24) is 9.97 Å². The van der Waals surface area contributed by atoms with E-state index in [9.17, 15) is 9.18 Å². The van der Waals surface area contributed by atoms with Crippen molar-refractivity contribution in [2.75, 3.05) is 0 Å². The Morgan fingerprint density at radius 1 is 0.923 bits per heavy atom. The summed E-state index contributed by atoms with van der Waals surface area (Å²) in [5, 5.41) is 0. The molecule has 26 heavy (non-hydrogen) atoms. The Kier molecular flexibility index (Phi) is 4.11. The van der Waals surface area contributed by atoms with Gasteiger partial charge in [0.05, 0.1) is 16.7 Å². The Bertz CT molecular complexity index is 1160. The van der Waals surface area contributed by atoms with Crippen LogP contribution < -0.4 is 5.56 Å². The van der Waals surface area contributed by atoms with Gasteiger partial charge in [-0.3, -0.25) is 9.79 Å². The molecule has 4 rings (SSSR count). The summed E-state index contributed by atoms with van der Waals surface area (Å²) in [4.78, 5) is 24.3. The molecule has 1 heterocycles. The summed E-state index contributed by atoms with van der Waals surface area (Å²) in [6.07, 6.45) is 1.63. The zero-order valence-corrected chi connectivity index (χ0v) is 13.7. The van der Waals surface area contributed by atoms with Crippen LogP contribution in [0.2, 0.25) is 0 Å². The molecule has 3 aromatic carbocycles. The van der Waals surface area contributed by atoms with E-state index in [0.717, 1.165) is 5.56 Å². The maximum Gasteiger partial charge on any atom is 0.275 e. The predicted octanol–water partition coefficient (Wildman–Crippen LogP) is 4.48. The Morgan fingerprint density at radius 3 is 2.50 bits per heavy atom. The van der Waals surface area contributed by atoms with Gasteiger partial charge in [-0.15, -0.1) is 0 Å². The molecule has 0 saturated carbocycles. The zero-order chi connectivity index (χ0) is 17.9. The first-order valence-electron chi connectivity index (χ1n) is 8.09. The van der Waals surface area contributed by atoms with Crippen LogP contribution in [0.25, 0.3) is 22.3 Å². The fraction of sp³-hybridized carbons (Fsp3) is 0. The Balaban J connectivity index is 1.80. The Labute approximate surface area is 148 Å². The number of nitrogens with one attached hydrogen (secondary N) is 1. The number of benzene rings is 3. The summed E-state index contributed by atoms with van der Waals surface area (Å²) in [5.74, 6) is -0.297. The average Bonchev–Trinajstić information content (AvgIpc) is 2.67. The molecule has 0 atom stereocenters. The average molecular weight is 343 g/mol. The first kappa shape index (κ1) is 15.9. The van der Waals surface area contributed by atoms with Gasteiger partial charge >= 0.3 is 0 Å². The molecule has 4 nitrogen and oxygen atoms in total. The van der Waals surface area contributed by atoms with Gasteiger partial charge in [-0.05, 0) is 35.9 Å². The van der Waals surface area contributed by atoms with Gasteiger partial charge in [0, 0.05) is 11.8 Å². The van der Waals surface area contributed by atoms with Gasteiger partial charge in [0.25, 0.3) is 5.56 Å². The van der Waals surface area contributed by atoms with E-state index < -0.39 is 0 Å². The topological polar surface area (TPSA) is 58.1 Å². The van der Waals surface area contributed by atoms with E-state index in [2.05, 4.69) is 15.0 Å². The van der Waals surface area contributed by atoms with E-state index in [-0.39, 0.29) is 11.4 Å². The molecule has 5 heteroatoms. The second-order valence-electron chi connectivity index (χ2n) is 5.76. The molecule has 1 N–H and O–H groups in total. The lowest BCUT2D eigenvalue weighted by molar-refractivity contribution is 0.628. The van der Waals surface area contributed by atoms with Gasteiger partial charge in [0.15, 0.2) is 0 Å². The molecule has 0 saturated heterocycles. The number of halogens is 1. The fourth-order valence-electron chi connectivity index (χ4n) is 2.69. The minimum atomic E-state index is -0.297. The van der Waals surface area contributed by atoms with Gasteiger partial charge in [-0.25, -0.2) is 9.37 Å². The highest BCUT2D eigenvalue weighted by molar-refractivity contribution is 5.86. The van der Waals surface area contributed by atoms with Crippen molar-refractivity contribution in [2.45, 2.75) is 0 Å². The van der Waals surface area contributed by atoms with Crippen molar-refractivity contribution in [1.29, 1.82) is 0 Å². The second-order valence-corrected chi connectivity index (χ2v) is 5.76. The van der Waals surface area contributed by atoms with Gasteiger partial charge in [-0.2, -0.15) is 0 Å². The molecular formula is C21H14FN3O. The standard InChI is InChI=1S/C21H14FN3O/c22-15-11-9-14(10-12-15)13-23-17-6-2-1-5-16(17)20-21(26)25-19-8-4-3-7-18(19)24-20/h1-13H,(H,25,26). The number of aromatic nitrogens is 2. The van der Waals surface area contributed by atoms with Crippen molar-refractivity contribution >= 4 is 22.9 Å². The number of para-hydroxylation sites is 3. The molecule has 0 aliphatic rings. The number of fused-ring (bicyclic) bond motifs is 1. The van der Waals surface area contributed by atoms with Gasteiger partial charge in [0.2, 0.25) is 0 Å². The van der Waals surface area contributed by atoms with Crippen LogP contribution in [-0.4, -0.2) is 16.2 Å². The summed E-state index contributed by atoms with van der Waals surface area (Å²) in [5.41, 5.74) is 3.46. The van der Waals surface area contributed by atoms with Crippen LogP contribution in [0.5, 0.6) is 0 Å². The van der Waals surface area contributed by atoms with Crippen LogP contribution in [0, 0.1) is 5.82 Å². The number of hydrogen-bond donors (Lipinski definition) is 1. The molecule has 0 radical (unpaired) electrons. The number of aromatic amines is 1. The summed E-state index contributed by atoms with van der Waals surface area (Å²) < 4.78 is 13.0. The summed E-state index contributed by atoms with van der Waals surface area (Å²) in [6, 6.07) is 20.7. The number of hydrogen-bond acceptors (Lipinski definition) is 3. The summed E-state index contributed by atoms with van der Waals surface area (Å²) in [7, 11) is 0. The molecular weight excluding hydrogens is 329 g/mol. The number of H-pyrrole nitrogens is 1. The van der Waals surface area contributed by atoms with Crippen LogP contribution in [-0.2, 0) is 0 Å². The van der Waals surface area contributed by atoms with E-state index in [1.165, 1.54) is 12.1 Å². The minimum Gasteiger partial charge on any atom is -0.319 e. The molecule has 4 aromatic rings. The minimum absolute atomic E-state index is 0.270. The van der Waals surface area contributed by atoms with Crippen molar-refractivity contribution in [2.24, 2.45) is 4.99 Å². The lowest BCUT2D eigenvalue weighted by Crippen LogP contribution is -2.11. The third-order valence-corrected chi connectivity index (χ3v) is 3.98. The monoisotopic (exact) mass is 343 g/mol. The molecule has 0 fully saturated rings. The Morgan fingerprint density at radius 2 is 1.65 bits per heavy atom. The molecule has 0 spiro atoms. The fourth-order valence-corrected chi connectivity index (χ4v) is 2.69. The number of nitrogens with zero attached hydrogens (tertiary/aromatic N) is 2. The lowest BCUT2D eigenvalue weighted by Gasteiger charge is -2.06. The summed E-state index contributed by atoms with van der Waals surface area (Å²) >= 11 is 0. The molecule has 0 bridgehead atoms. The Hall–Kier alpha value is -3.60. The highest BCUT2D eigenvalue weighted by Crippen LogP contribution is 2.27. The van der Waals surface area contributed by atoms with Crippen LogP contribution in [0.3, 0.4) is 0 Å². The highest BCUT2D eigenvalue weighted by Gasteiger charge is 2.11. The molecule has 0 amide bonds. The second kappa shape index (κ2) is 6.72. The molecule has 126 valence electrons. The maximum atomic E-state index is 13.0. The van der Waals surface area contributed by atoms with E-state index in [4.69, 9.17) is 0 Å². The number of aliphatic imine (C=N–C) groups is 1. The van der Waals surface area contributed by atoms with Gasteiger partial charge in [-0.1, -0.05) is 42.5 Å². The quantitative estimate of drug-likeness (QED) is 0.558. The van der Waals surface area contributed by atoms with E-state index in [1.54, 1.807) is 18.3 Å². The largest absolute Gasteiger partial charge is 0.319 e. The van der Waals surface area contributed by atoms with Crippen LogP contribution in [0.4, 0.5) is 10.1 Å². The van der Waals surface area contributed by atoms with E-state index in [1.807, 2.05) is 48.5 Å². The molecule has 0 aliphatic carbocycles.